The Labute approximate surface area is 145 Å². The molecule has 1 aromatic carbocycles. The second-order valence-corrected chi connectivity index (χ2v) is 8.37. The van der Waals surface area contributed by atoms with Gasteiger partial charge >= 0.3 is 0 Å². The van der Waals surface area contributed by atoms with E-state index in [-0.39, 0.29) is 23.0 Å². The van der Waals surface area contributed by atoms with Gasteiger partial charge < -0.3 is 4.90 Å². The van der Waals surface area contributed by atoms with Crippen LogP contribution in [-0.2, 0) is 9.84 Å². The number of aromatic nitrogens is 2. The molecular weight excluding hydrogens is 350 g/mol. The van der Waals surface area contributed by atoms with Crippen molar-refractivity contribution in [3.8, 4) is 0 Å². The normalized spacial score (nSPS) is 17.9. The second-order valence-electron chi connectivity index (χ2n) is 5.70. The number of amides is 1. The van der Waals surface area contributed by atoms with Crippen molar-refractivity contribution in [1.82, 2.24) is 14.9 Å². The summed E-state index contributed by atoms with van der Waals surface area (Å²) >= 11 is 5.80. The standard InChI is InChI=1S/C16H16ClN3O3S/c1-11-8-19-15(9-18-11)16(21)20-7-6-14(10-20)24(22,23)13-4-2-12(17)3-5-13/h2-5,8-9,14H,6-7,10H2,1H3. The molecule has 1 saturated heterocycles. The maximum absolute atomic E-state index is 12.7. The van der Waals surface area contributed by atoms with Crippen LogP contribution in [0.3, 0.4) is 0 Å². The minimum atomic E-state index is -3.50. The van der Waals surface area contributed by atoms with Crippen molar-refractivity contribution in [1.29, 1.82) is 0 Å². The lowest BCUT2D eigenvalue weighted by Crippen LogP contribution is -2.32. The van der Waals surface area contributed by atoms with Crippen LogP contribution in [0.4, 0.5) is 0 Å². The summed E-state index contributed by atoms with van der Waals surface area (Å²) in [6.45, 7) is 2.32. The number of hydrogen-bond donors (Lipinski definition) is 0. The minimum Gasteiger partial charge on any atom is -0.336 e. The van der Waals surface area contributed by atoms with E-state index in [9.17, 15) is 13.2 Å². The highest BCUT2D eigenvalue weighted by Gasteiger charge is 2.36. The number of carbonyl (C=O) groups is 1. The first-order valence-corrected chi connectivity index (χ1v) is 9.38. The average molecular weight is 366 g/mol. The Morgan fingerprint density at radius 1 is 1.21 bits per heavy atom. The van der Waals surface area contributed by atoms with Gasteiger partial charge in [-0.2, -0.15) is 0 Å². The summed E-state index contributed by atoms with van der Waals surface area (Å²) in [6.07, 6.45) is 3.33. The van der Waals surface area contributed by atoms with Gasteiger partial charge in [0.1, 0.15) is 5.69 Å². The third-order valence-electron chi connectivity index (χ3n) is 4.01. The van der Waals surface area contributed by atoms with Crippen molar-refractivity contribution >= 4 is 27.3 Å². The molecule has 0 radical (unpaired) electrons. The van der Waals surface area contributed by atoms with E-state index in [1.807, 2.05) is 0 Å². The van der Waals surface area contributed by atoms with Crippen molar-refractivity contribution in [3.63, 3.8) is 0 Å². The molecule has 3 rings (SSSR count). The van der Waals surface area contributed by atoms with E-state index in [4.69, 9.17) is 11.6 Å². The lowest BCUT2D eigenvalue weighted by atomic mass is 10.3. The highest BCUT2D eigenvalue weighted by Crippen LogP contribution is 2.25. The molecule has 0 bridgehead atoms. The molecule has 6 nitrogen and oxygen atoms in total. The number of halogens is 1. The summed E-state index contributed by atoms with van der Waals surface area (Å²) in [6, 6.07) is 6.09. The number of benzene rings is 1. The number of likely N-dealkylation sites (tertiary alicyclic amines) is 1. The van der Waals surface area contributed by atoms with Gasteiger partial charge in [0, 0.05) is 24.3 Å². The molecule has 0 aliphatic carbocycles. The molecule has 1 aromatic heterocycles. The molecule has 1 fully saturated rings. The SMILES string of the molecule is Cc1cnc(C(=O)N2CCC(S(=O)(=O)c3ccc(Cl)cc3)C2)cn1. The number of carbonyl (C=O) groups excluding carboxylic acids is 1. The maximum Gasteiger partial charge on any atom is 0.274 e. The summed E-state index contributed by atoms with van der Waals surface area (Å²) in [5.41, 5.74) is 0.946. The lowest BCUT2D eigenvalue weighted by Gasteiger charge is -2.16. The largest absolute Gasteiger partial charge is 0.336 e. The zero-order valence-electron chi connectivity index (χ0n) is 13.0. The van der Waals surface area contributed by atoms with Crippen LogP contribution in [0.1, 0.15) is 22.6 Å². The predicted octanol–water partition coefficient (Wildman–Crippen LogP) is 2.13. The van der Waals surface area contributed by atoms with E-state index >= 15 is 0 Å². The van der Waals surface area contributed by atoms with E-state index in [0.717, 1.165) is 5.69 Å². The molecule has 1 aliphatic rings. The van der Waals surface area contributed by atoms with Gasteiger partial charge in [-0.3, -0.25) is 9.78 Å². The van der Waals surface area contributed by atoms with Crippen LogP contribution in [-0.4, -0.2) is 47.5 Å². The Bertz CT molecular complexity index is 851. The molecule has 1 aliphatic heterocycles. The number of aryl methyl sites for hydroxylation is 1. The van der Waals surface area contributed by atoms with Crippen molar-refractivity contribution in [2.45, 2.75) is 23.5 Å². The van der Waals surface area contributed by atoms with Gasteiger partial charge in [-0.05, 0) is 37.6 Å². The van der Waals surface area contributed by atoms with E-state index in [0.29, 0.717) is 18.0 Å². The first kappa shape index (κ1) is 16.9. The molecule has 2 heterocycles. The zero-order valence-corrected chi connectivity index (χ0v) is 14.6. The molecule has 0 spiro atoms. The first-order valence-electron chi connectivity index (χ1n) is 7.45. The van der Waals surface area contributed by atoms with Gasteiger partial charge in [-0.15, -0.1) is 0 Å². The van der Waals surface area contributed by atoms with E-state index in [1.54, 1.807) is 19.1 Å². The summed E-state index contributed by atoms with van der Waals surface area (Å²) < 4.78 is 25.4. The fraction of sp³-hybridized carbons (Fsp3) is 0.312. The van der Waals surface area contributed by atoms with E-state index < -0.39 is 15.1 Å². The smallest absolute Gasteiger partial charge is 0.274 e. The molecule has 1 unspecified atom stereocenters. The maximum atomic E-state index is 12.7. The highest BCUT2D eigenvalue weighted by atomic mass is 35.5. The van der Waals surface area contributed by atoms with Crippen LogP contribution in [0.15, 0.2) is 41.6 Å². The molecule has 1 atom stereocenters. The second kappa shape index (κ2) is 6.49. The number of sulfone groups is 1. The minimum absolute atomic E-state index is 0.152. The topological polar surface area (TPSA) is 80.2 Å². The quantitative estimate of drug-likeness (QED) is 0.832. The van der Waals surface area contributed by atoms with Gasteiger partial charge in [0.05, 0.1) is 22.0 Å². The van der Waals surface area contributed by atoms with Crippen molar-refractivity contribution < 1.29 is 13.2 Å². The van der Waals surface area contributed by atoms with Crippen LogP contribution in [0.5, 0.6) is 0 Å². The number of nitrogens with zero attached hydrogens (tertiary/aromatic N) is 3. The van der Waals surface area contributed by atoms with Crippen molar-refractivity contribution in [2.75, 3.05) is 13.1 Å². The predicted molar refractivity (Wildman–Crippen MR) is 89.7 cm³/mol. The summed E-state index contributed by atoms with van der Waals surface area (Å²) in [4.78, 5) is 22.3. The van der Waals surface area contributed by atoms with Crippen LogP contribution in [0.2, 0.25) is 5.02 Å². The Kier molecular flexibility index (Phi) is 4.56. The third-order valence-corrected chi connectivity index (χ3v) is 6.46. The molecule has 0 N–H and O–H groups in total. The monoisotopic (exact) mass is 365 g/mol. The third kappa shape index (κ3) is 3.27. The fourth-order valence-electron chi connectivity index (χ4n) is 2.65. The highest BCUT2D eigenvalue weighted by molar-refractivity contribution is 7.92. The number of hydrogen-bond acceptors (Lipinski definition) is 5. The Morgan fingerprint density at radius 2 is 1.92 bits per heavy atom. The van der Waals surface area contributed by atoms with Gasteiger partial charge in [0.2, 0.25) is 0 Å². The summed E-state index contributed by atoms with van der Waals surface area (Å²) in [5, 5.41) is -0.142. The Hall–Kier alpha value is -1.99. The van der Waals surface area contributed by atoms with Crippen LogP contribution >= 0.6 is 11.6 Å². The Balaban J connectivity index is 1.76. The van der Waals surface area contributed by atoms with Crippen molar-refractivity contribution in [2.24, 2.45) is 0 Å². The zero-order chi connectivity index (χ0) is 17.3. The average Bonchev–Trinajstić information content (AvgIpc) is 3.06. The van der Waals surface area contributed by atoms with Gasteiger partial charge in [0.25, 0.3) is 5.91 Å². The molecule has 1 amide bonds. The molecule has 8 heteroatoms. The van der Waals surface area contributed by atoms with Gasteiger partial charge in [0.15, 0.2) is 9.84 Å². The van der Waals surface area contributed by atoms with Crippen LogP contribution in [0.25, 0.3) is 0 Å². The van der Waals surface area contributed by atoms with Gasteiger partial charge in [-0.1, -0.05) is 11.6 Å². The molecule has 126 valence electrons. The Morgan fingerprint density at radius 3 is 2.54 bits per heavy atom. The molecule has 24 heavy (non-hydrogen) atoms. The number of rotatable bonds is 3. The molecule has 0 saturated carbocycles. The van der Waals surface area contributed by atoms with Gasteiger partial charge in [-0.25, -0.2) is 13.4 Å². The van der Waals surface area contributed by atoms with Crippen LogP contribution in [0, 0.1) is 6.92 Å². The molecular formula is C16H16ClN3O3S. The van der Waals surface area contributed by atoms with E-state index in [2.05, 4.69) is 9.97 Å². The lowest BCUT2D eigenvalue weighted by molar-refractivity contribution is 0.0787. The van der Waals surface area contributed by atoms with Crippen LogP contribution < -0.4 is 0 Å². The summed E-state index contributed by atoms with van der Waals surface area (Å²) in [7, 11) is -3.50. The van der Waals surface area contributed by atoms with E-state index in [1.165, 1.54) is 29.4 Å². The molecule has 2 aromatic rings. The summed E-state index contributed by atoms with van der Waals surface area (Å²) in [5.74, 6) is -0.295. The fourth-order valence-corrected chi connectivity index (χ4v) is 4.47. The van der Waals surface area contributed by atoms with Crippen molar-refractivity contribution in [3.05, 3.63) is 53.1 Å². The first-order chi connectivity index (χ1) is 11.4.